The summed E-state index contributed by atoms with van der Waals surface area (Å²) in [5, 5.41) is 0. The van der Waals surface area contributed by atoms with E-state index in [0.717, 1.165) is 19.3 Å². The molecule has 2 fully saturated rings. The van der Waals surface area contributed by atoms with E-state index in [1.165, 1.54) is 5.56 Å². The van der Waals surface area contributed by atoms with Crippen molar-refractivity contribution in [2.45, 2.75) is 31.3 Å². The number of hydrogen-bond donors (Lipinski definition) is 0. The first-order chi connectivity index (χ1) is 11.7. The Bertz CT molecular complexity index is 679. The summed E-state index contributed by atoms with van der Waals surface area (Å²) in [7, 11) is 0. The van der Waals surface area contributed by atoms with Crippen LogP contribution in [0.5, 0.6) is 0 Å². The predicted molar refractivity (Wildman–Crippen MR) is 97.1 cm³/mol. The van der Waals surface area contributed by atoms with Crippen molar-refractivity contribution in [1.29, 1.82) is 0 Å². The van der Waals surface area contributed by atoms with E-state index >= 15 is 0 Å². The van der Waals surface area contributed by atoms with Gasteiger partial charge < -0.3 is 4.90 Å². The van der Waals surface area contributed by atoms with Crippen LogP contribution in [-0.4, -0.2) is 16.3 Å². The van der Waals surface area contributed by atoms with Gasteiger partial charge in [0.25, 0.3) is 0 Å². The molecule has 2 aliphatic carbocycles. The molecule has 0 aromatic heterocycles. The van der Waals surface area contributed by atoms with E-state index in [0.29, 0.717) is 30.2 Å². The Kier molecular flexibility index (Phi) is 3.71. The number of amides is 1. The van der Waals surface area contributed by atoms with E-state index in [2.05, 4.69) is 42.3 Å². The number of carbonyl (C=O) groups is 1. The van der Waals surface area contributed by atoms with E-state index in [4.69, 9.17) is 0 Å². The maximum Gasteiger partial charge on any atom is 0.227 e. The van der Waals surface area contributed by atoms with Crippen LogP contribution in [0, 0.1) is 23.7 Å². The van der Waals surface area contributed by atoms with Crippen LogP contribution < -0.4 is 0 Å². The Morgan fingerprint density at radius 2 is 1.75 bits per heavy atom. The molecule has 1 aromatic carbocycles. The molecular weight excluding hydrogens is 294 g/mol. The van der Waals surface area contributed by atoms with Gasteiger partial charge in [0.1, 0.15) is 0 Å². The third-order valence-corrected chi connectivity index (χ3v) is 6.35. The summed E-state index contributed by atoms with van der Waals surface area (Å²) in [4.78, 5) is 15.5. The highest BCUT2D eigenvalue weighted by molar-refractivity contribution is 5.85. The Labute approximate surface area is 144 Å². The minimum absolute atomic E-state index is 0.156. The van der Waals surface area contributed by atoms with Crippen molar-refractivity contribution >= 4 is 5.91 Å². The zero-order valence-electron chi connectivity index (χ0n) is 14.1. The second-order valence-corrected chi connectivity index (χ2v) is 7.50. The summed E-state index contributed by atoms with van der Waals surface area (Å²) < 4.78 is 0. The summed E-state index contributed by atoms with van der Waals surface area (Å²) in [6.45, 7) is 8.70. The van der Waals surface area contributed by atoms with Crippen LogP contribution in [0.4, 0.5) is 0 Å². The predicted octanol–water partition coefficient (Wildman–Crippen LogP) is 4.36. The molecule has 0 spiro atoms. The van der Waals surface area contributed by atoms with Crippen LogP contribution in [0.2, 0.25) is 0 Å². The van der Waals surface area contributed by atoms with Crippen molar-refractivity contribution in [2.75, 3.05) is 0 Å². The van der Waals surface area contributed by atoms with Gasteiger partial charge in [-0.1, -0.05) is 54.6 Å². The first kappa shape index (κ1) is 15.4. The van der Waals surface area contributed by atoms with Crippen molar-refractivity contribution in [1.82, 2.24) is 4.90 Å². The minimum atomic E-state index is -0.161. The first-order valence-electron chi connectivity index (χ1n) is 8.97. The van der Waals surface area contributed by atoms with Crippen molar-refractivity contribution in [3.63, 3.8) is 0 Å². The summed E-state index contributed by atoms with van der Waals surface area (Å²) in [6.07, 6.45) is 11.5. The van der Waals surface area contributed by atoms with Crippen molar-refractivity contribution in [2.24, 2.45) is 23.7 Å². The lowest BCUT2D eigenvalue weighted by atomic mass is 9.70. The quantitative estimate of drug-likeness (QED) is 0.714. The second kappa shape index (κ2) is 5.77. The molecule has 4 atom stereocenters. The number of likely N-dealkylation sites (tertiary alicyclic amines) is 1. The normalized spacial score (nSPS) is 32.2. The molecule has 0 radical (unpaired) electrons. The van der Waals surface area contributed by atoms with Crippen molar-refractivity contribution < 1.29 is 4.79 Å². The number of rotatable bonds is 6. The average molecular weight is 319 g/mol. The zero-order chi connectivity index (χ0) is 16.7. The summed E-state index contributed by atoms with van der Waals surface area (Å²) >= 11 is 0. The number of hydrogen-bond acceptors (Lipinski definition) is 1. The van der Waals surface area contributed by atoms with Gasteiger partial charge in [0.2, 0.25) is 5.91 Å². The molecule has 2 heteroatoms. The fourth-order valence-corrected chi connectivity index (χ4v) is 5.55. The van der Waals surface area contributed by atoms with Gasteiger partial charge in [-0.3, -0.25) is 4.79 Å². The highest BCUT2D eigenvalue weighted by atomic mass is 16.2. The molecule has 1 saturated carbocycles. The van der Waals surface area contributed by atoms with Gasteiger partial charge in [0.15, 0.2) is 0 Å². The fraction of sp³-hybridized carbons (Fsp3) is 0.409. The molecule has 1 heterocycles. The molecule has 4 rings (SSSR count). The first-order valence-corrected chi connectivity index (χ1v) is 8.97. The highest BCUT2D eigenvalue weighted by Crippen LogP contribution is 2.60. The Morgan fingerprint density at radius 1 is 1.08 bits per heavy atom. The summed E-state index contributed by atoms with van der Waals surface area (Å²) in [5.74, 6) is 1.86. The van der Waals surface area contributed by atoms with Crippen LogP contribution in [-0.2, 0) is 11.3 Å². The molecule has 2 nitrogen and oxygen atoms in total. The third kappa shape index (κ3) is 2.05. The Hall–Kier alpha value is -2.09. The smallest absolute Gasteiger partial charge is 0.227 e. The zero-order valence-corrected chi connectivity index (χ0v) is 14.1. The Balaban J connectivity index is 1.77. The number of carbonyl (C=O) groups excluding carboxylic acids is 1. The number of fused-ring (bicyclic) bond motifs is 5. The molecule has 24 heavy (non-hydrogen) atoms. The van der Waals surface area contributed by atoms with E-state index in [9.17, 15) is 4.79 Å². The van der Waals surface area contributed by atoms with Gasteiger partial charge in [-0.05, 0) is 36.7 Å². The molecule has 0 N–H and O–H groups in total. The van der Waals surface area contributed by atoms with E-state index < -0.39 is 0 Å². The molecule has 3 aliphatic rings. The van der Waals surface area contributed by atoms with Gasteiger partial charge in [-0.2, -0.15) is 0 Å². The van der Waals surface area contributed by atoms with Gasteiger partial charge in [0, 0.05) is 12.5 Å². The van der Waals surface area contributed by atoms with Crippen LogP contribution in [0.3, 0.4) is 0 Å². The number of benzene rings is 1. The summed E-state index contributed by atoms with van der Waals surface area (Å²) in [5.41, 5.74) is 1.04. The maximum absolute atomic E-state index is 13.4. The molecule has 1 amide bonds. The van der Waals surface area contributed by atoms with Crippen LogP contribution in [0.1, 0.15) is 24.8 Å². The van der Waals surface area contributed by atoms with Gasteiger partial charge in [-0.25, -0.2) is 0 Å². The molecule has 1 saturated heterocycles. The van der Waals surface area contributed by atoms with Gasteiger partial charge in [-0.15, -0.1) is 13.2 Å². The molecule has 1 aliphatic heterocycles. The topological polar surface area (TPSA) is 20.3 Å². The van der Waals surface area contributed by atoms with Gasteiger partial charge in [0.05, 0.1) is 11.5 Å². The molecule has 0 unspecified atom stereocenters. The van der Waals surface area contributed by atoms with Crippen molar-refractivity contribution in [3.8, 4) is 0 Å². The van der Waals surface area contributed by atoms with E-state index in [1.54, 1.807) is 0 Å². The van der Waals surface area contributed by atoms with Crippen LogP contribution >= 0.6 is 0 Å². The maximum atomic E-state index is 13.4. The second-order valence-electron chi connectivity index (χ2n) is 7.50. The molecule has 124 valence electrons. The van der Waals surface area contributed by atoms with E-state index in [1.807, 2.05) is 30.4 Å². The lowest BCUT2D eigenvalue weighted by molar-refractivity contribution is -0.135. The number of allylic oxidation sites excluding steroid dienone is 2. The number of nitrogens with zero attached hydrogens (tertiary/aromatic N) is 1. The van der Waals surface area contributed by atoms with Crippen molar-refractivity contribution in [3.05, 3.63) is 73.4 Å². The Morgan fingerprint density at radius 3 is 2.42 bits per heavy atom. The fourth-order valence-electron chi connectivity index (χ4n) is 5.55. The standard InChI is InChI=1S/C22H25NO/c1-3-12-22(13-4-2)20-18-11-10-17(14-18)19(20)21(24)23(22)15-16-8-6-5-7-9-16/h3-11,17-20H,1-2,12-15H2/t17-,18+,19+,20-/m1/s1. The SMILES string of the molecule is C=CCC1(CC=C)[C@H]2[C@@H](C(=O)N1Cc1ccccc1)[C@@H]1C=C[C@H]2C1. The van der Waals surface area contributed by atoms with E-state index in [-0.39, 0.29) is 11.5 Å². The largest absolute Gasteiger partial charge is 0.331 e. The minimum Gasteiger partial charge on any atom is -0.331 e. The molecular formula is C22H25NO. The monoisotopic (exact) mass is 319 g/mol. The molecule has 2 bridgehead atoms. The van der Waals surface area contributed by atoms with Crippen LogP contribution in [0.25, 0.3) is 0 Å². The average Bonchev–Trinajstić information content (AvgIpc) is 3.26. The molecule has 1 aromatic rings. The lowest BCUT2D eigenvalue weighted by Gasteiger charge is -2.43. The highest BCUT2D eigenvalue weighted by Gasteiger charge is 2.64. The van der Waals surface area contributed by atoms with Crippen LogP contribution in [0.15, 0.2) is 67.8 Å². The van der Waals surface area contributed by atoms with Gasteiger partial charge >= 0.3 is 0 Å². The lowest BCUT2D eigenvalue weighted by Crippen LogP contribution is -2.49. The third-order valence-electron chi connectivity index (χ3n) is 6.35. The summed E-state index contributed by atoms with van der Waals surface area (Å²) in [6, 6.07) is 10.3.